The van der Waals surface area contributed by atoms with Gasteiger partial charge in [0.2, 0.25) is 5.91 Å². The predicted octanol–water partition coefficient (Wildman–Crippen LogP) is 2.50. The minimum Gasteiger partial charge on any atom is -0.366 e. The molecule has 5 rings (SSSR count). The van der Waals surface area contributed by atoms with Gasteiger partial charge >= 0.3 is 0 Å². The number of nitrogens with zero attached hydrogens (tertiary/aromatic N) is 5. The number of aryl methyl sites for hydroxylation is 2. The van der Waals surface area contributed by atoms with Crippen LogP contribution >= 0.6 is 0 Å². The van der Waals surface area contributed by atoms with Gasteiger partial charge in [-0.2, -0.15) is 0 Å². The summed E-state index contributed by atoms with van der Waals surface area (Å²) >= 11 is 0. The van der Waals surface area contributed by atoms with Crippen LogP contribution in [0.1, 0.15) is 30.8 Å². The second kappa shape index (κ2) is 9.54. The van der Waals surface area contributed by atoms with E-state index in [1.165, 1.54) is 0 Å². The van der Waals surface area contributed by atoms with Gasteiger partial charge in [-0.15, -0.1) is 0 Å². The fourth-order valence-corrected chi connectivity index (χ4v) is 5.53. The molecule has 0 N–H and O–H groups in total. The van der Waals surface area contributed by atoms with Gasteiger partial charge < -0.3 is 19.4 Å². The standard InChI is InChI=1S/C29H35N5O4/c1-18-30-23-16-20(33-13-14-38-25(17-33)27(36)31(4)5)8-9-21(23)26(35)34(18)12-11-19-7-10-22-24(15-19)32(6)28(37)29(22,2)3/h7-10,15-16,25H,11-14,17H2,1-6H3/t25-/m1/s1. The van der Waals surface area contributed by atoms with E-state index in [2.05, 4.69) is 11.0 Å². The number of hydrogen-bond acceptors (Lipinski definition) is 6. The Morgan fingerprint density at radius 3 is 2.66 bits per heavy atom. The average molecular weight is 518 g/mol. The number of morpholine rings is 1. The lowest BCUT2D eigenvalue weighted by atomic mass is 9.86. The molecule has 1 atom stereocenters. The van der Waals surface area contributed by atoms with E-state index >= 15 is 0 Å². The molecule has 2 aliphatic heterocycles. The summed E-state index contributed by atoms with van der Waals surface area (Å²) in [6.07, 6.45) is 0.136. The predicted molar refractivity (Wildman–Crippen MR) is 148 cm³/mol. The van der Waals surface area contributed by atoms with Crippen LogP contribution in [0.25, 0.3) is 10.9 Å². The molecule has 38 heavy (non-hydrogen) atoms. The molecular formula is C29H35N5O4. The van der Waals surface area contributed by atoms with Gasteiger partial charge in [0, 0.05) is 45.6 Å². The Kier molecular flexibility index (Phi) is 6.51. The Hall–Kier alpha value is -3.72. The van der Waals surface area contributed by atoms with Gasteiger partial charge in [-0.3, -0.25) is 19.0 Å². The Labute approximate surface area is 222 Å². The van der Waals surface area contributed by atoms with Gasteiger partial charge in [-0.1, -0.05) is 12.1 Å². The van der Waals surface area contributed by atoms with Crippen LogP contribution in [-0.4, -0.2) is 73.2 Å². The maximum absolute atomic E-state index is 13.4. The zero-order valence-electron chi connectivity index (χ0n) is 22.9. The first-order chi connectivity index (χ1) is 18.0. The van der Waals surface area contributed by atoms with Gasteiger partial charge in [0.1, 0.15) is 5.82 Å². The Balaban J connectivity index is 1.37. The maximum atomic E-state index is 13.4. The number of rotatable bonds is 5. The molecule has 200 valence electrons. The van der Waals surface area contributed by atoms with Gasteiger partial charge in [-0.25, -0.2) is 4.98 Å². The topological polar surface area (TPSA) is 88.0 Å². The summed E-state index contributed by atoms with van der Waals surface area (Å²) in [5.41, 5.74) is 3.99. The fourth-order valence-electron chi connectivity index (χ4n) is 5.53. The number of aromatic nitrogens is 2. The van der Waals surface area contributed by atoms with Crippen LogP contribution in [0.15, 0.2) is 41.2 Å². The van der Waals surface area contributed by atoms with Crippen molar-refractivity contribution in [1.29, 1.82) is 0 Å². The summed E-state index contributed by atoms with van der Waals surface area (Å²) in [6, 6.07) is 11.8. The van der Waals surface area contributed by atoms with Crippen molar-refractivity contribution in [2.45, 2.75) is 45.3 Å². The number of ether oxygens (including phenoxy) is 1. The molecule has 0 unspecified atom stereocenters. The second-order valence-corrected chi connectivity index (χ2v) is 10.9. The quantitative estimate of drug-likeness (QED) is 0.517. The Bertz CT molecular complexity index is 1490. The molecule has 1 aromatic heterocycles. The number of fused-ring (bicyclic) bond motifs is 2. The van der Waals surface area contributed by atoms with Crippen LogP contribution in [0, 0.1) is 6.92 Å². The van der Waals surface area contributed by atoms with E-state index < -0.39 is 11.5 Å². The number of likely N-dealkylation sites (N-methyl/N-ethyl adjacent to an activating group) is 2. The highest BCUT2D eigenvalue weighted by atomic mass is 16.5. The number of anilines is 2. The highest BCUT2D eigenvalue weighted by Gasteiger charge is 2.42. The zero-order valence-corrected chi connectivity index (χ0v) is 22.9. The van der Waals surface area contributed by atoms with E-state index in [-0.39, 0.29) is 17.4 Å². The monoisotopic (exact) mass is 517 g/mol. The molecule has 0 bridgehead atoms. The average Bonchev–Trinajstić information content (AvgIpc) is 3.07. The summed E-state index contributed by atoms with van der Waals surface area (Å²) in [7, 11) is 5.26. The van der Waals surface area contributed by atoms with Crippen molar-refractivity contribution in [2.24, 2.45) is 0 Å². The van der Waals surface area contributed by atoms with E-state index in [4.69, 9.17) is 9.72 Å². The van der Waals surface area contributed by atoms with Gasteiger partial charge in [0.05, 0.1) is 29.5 Å². The normalized spacial score (nSPS) is 18.7. The van der Waals surface area contributed by atoms with Crippen molar-refractivity contribution in [2.75, 3.05) is 50.6 Å². The molecule has 2 aromatic carbocycles. The van der Waals surface area contributed by atoms with Crippen LogP contribution in [0.3, 0.4) is 0 Å². The van der Waals surface area contributed by atoms with Gasteiger partial charge in [0.25, 0.3) is 11.5 Å². The lowest BCUT2D eigenvalue weighted by molar-refractivity contribution is -0.141. The van der Waals surface area contributed by atoms with E-state index in [1.807, 2.05) is 58.2 Å². The van der Waals surface area contributed by atoms with Crippen molar-refractivity contribution < 1.29 is 14.3 Å². The summed E-state index contributed by atoms with van der Waals surface area (Å²) in [5.74, 6) is 0.682. The van der Waals surface area contributed by atoms with Crippen molar-refractivity contribution in [1.82, 2.24) is 14.5 Å². The summed E-state index contributed by atoms with van der Waals surface area (Å²) < 4.78 is 7.40. The van der Waals surface area contributed by atoms with E-state index in [0.717, 1.165) is 22.5 Å². The molecule has 2 amide bonds. The first kappa shape index (κ1) is 25.9. The van der Waals surface area contributed by atoms with Crippen LogP contribution < -0.4 is 15.4 Å². The lowest BCUT2D eigenvalue weighted by Crippen LogP contribution is -2.49. The van der Waals surface area contributed by atoms with E-state index in [0.29, 0.717) is 49.4 Å². The molecule has 1 fully saturated rings. The number of carbonyl (C=O) groups excluding carboxylic acids is 2. The highest BCUT2D eigenvalue weighted by molar-refractivity contribution is 6.07. The van der Waals surface area contributed by atoms with Crippen molar-refractivity contribution in [3.63, 3.8) is 0 Å². The van der Waals surface area contributed by atoms with Crippen LogP contribution in [0.2, 0.25) is 0 Å². The molecule has 0 radical (unpaired) electrons. The number of hydrogen-bond donors (Lipinski definition) is 0. The molecule has 2 aliphatic rings. The first-order valence-electron chi connectivity index (χ1n) is 13.0. The SMILES string of the molecule is Cc1nc2cc(N3CCO[C@@H](C(=O)N(C)C)C3)ccc2c(=O)n1CCc1ccc2c(c1)N(C)C(=O)C2(C)C. The molecular weight excluding hydrogens is 482 g/mol. The van der Waals surface area contributed by atoms with Gasteiger partial charge in [0.15, 0.2) is 6.10 Å². The zero-order chi connectivity index (χ0) is 27.4. The Morgan fingerprint density at radius 2 is 1.92 bits per heavy atom. The molecule has 3 heterocycles. The third-order valence-corrected chi connectivity index (χ3v) is 7.84. The number of benzene rings is 2. The second-order valence-electron chi connectivity index (χ2n) is 10.9. The summed E-state index contributed by atoms with van der Waals surface area (Å²) in [4.78, 5) is 48.6. The summed E-state index contributed by atoms with van der Waals surface area (Å²) in [6.45, 7) is 7.83. The third kappa shape index (κ3) is 4.34. The fraction of sp³-hybridized carbons (Fsp3) is 0.448. The smallest absolute Gasteiger partial charge is 0.261 e. The lowest BCUT2D eigenvalue weighted by Gasteiger charge is -2.34. The molecule has 3 aromatic rings. The molecule has 0 aliphatic carbocycles. The third-order valence-electron chi connectivity index (χ3n) is 7.84. The van der Waals surface area contributed by atoms with Gasteiger partial charge in [-0.05, 0) is 62.6 Å². The van der Waals surface area contributed by atoms with Crippen LogP contribution in [0.5, 0.6) is 0 Å². The first-order valence-corrected chi connectivity index (χ1v) is 13.0. The summed E-state index contributed by atoms with van der Waals surface area (Å²) in [5, 5.41) is 0.564. The Morgan fingerprint density at radius 1 is 1.16 bits per heavy atom. The van der Waals surface area contributed by atoms with Crippen molar-refractivity contribution in [3.05, 3.63) is 63.7 Å². The highest BCUT2D eigenvalue weighted by Crippen LogP contribution is 2.41. The van der Waals surface area contributed by atoms with E-state index in [9.17, 15) is 14.4 Å². The molecule has 1 saturated heterocycles. The molecule has 0 saturated carbocycles. The number of carbonyl (C=O) groups is 2. The largest absolute Gasteiger partial charge is 0.366 e. The number of amides is 2. The molecule has 0 spiro atoms. The van der Waals surface area contributed by atoms with Crippen LogP contribution in [-0.2, 0) is 32.7 Å². The molecule has 9 nitrogen and oxygen atoms in total. The molecule has 9 heteroatoms. The van der Waals surface area contributed by atoms with Crippen molar-refractivity contribution >= 4 is 34.1 Å². The van der Waals surface area contributed by atoms with Crippen LogP contribution in [0.4, 0.5) is 11.4 Å². The minimum absolute atomic E-state index is 0.0577. The minimum atomic E-state index is -0.527. The maximum Gasteiger partial charge on any atom is 0.261 e. The van der Waals surface area contributed by atoms with Crippen molar-refractivity contribution in [3.8, 4) is 0 Å². The van der Waals surface area contributed by atoms with E-state index in [1.54, 1.807) is 28.5 Å².